The zero-order chi connectivity index (χ0) is 20.9. The van der Waals surface area contributed by atoms with Gasteiger partial charge in [0.2, 0.25) is 17.6 Å². The number of likely N-dealkylation sites (tertiary alicyclic amines) is 1. The van der Waals surface area contributed by atoms with Crippen LogP contribution in [0.15, 0.2) is 30.3 Å². The third kappa shape index (κ3) is 4.67. The Kier molecular flexibility index (Phi) is 6.37. The van der Waals surface area contributed by atoms with Crippen LogP contribution in [0.4, 0.5) is 0 Å². The Morgan fingerprint density at radius 3 is 2.33 bits per heavy atom. The van der Waals surface area contributed by atoms with Crippen molar-refractivity contribution in [3.63, 3.8) is 0 Å². The van der Waals surface area contributed by atoms with Gasteiger partial charge in [-0.3, -0.25) is 14.5 Å². The van der Waals surface area contributed by atoms with Crippen molar-refractivity contribution in [2.75, 3.05) is 39.3 Å². The average molecular weight is 412 g/mol. The third-order valence-electron chi connectivity index (χ3n) is 6.00. The summed E-state index contributed by atoms with van der Waals surface area (Å²) in [6, 6.07) is 9.45. The van der Waals surface area contributed by atoms with Crippen LogP contribution in [0.5, 0.6) is 0 Å². The summed E-state index contributed by atoms with van der Waals surface area (Å²) >= 11 is 0. The molecule has 3 heterocycles. The number of rotatable bonds is 5. The number of piperidine rings is 1. The molecule has 2 aliphatic rings. The molecular weight excluding hydrogens is 382 g/mol. The van der Waals surface area contributed by atoms with Crippen molar-refractivity contribution in [2.45, 2.75) is 38.8 Å². The standard InChI is InChI=1S/C21H29N7O2/c1-17(21(30)27-10-6-3-7-11-27)25-12-14-26(15-13-25)19(29)16-28-23-20(22-24-28)18-8-4-2-5-9-18/h2,4-5,8-9,17H,3,6-7,10-16H2,1H3. The van der Waals surface area contributed by atoms with E-state index in [4.69, 9.17) is 0 Å². The van der Waals surface area contributed by atoms with Crippen molar-refractivity contribution in [3.8, 4) is 11.4 Å². The van der Waals surface area contributed by atoms with Crippen LogP contribution in [0.1, 0.15) is 26.2 Å². The lowest BCUT2D eigenvalue weighted by Gasteiger charge is -2.39. The smallest absolute Gasteiger partial charge is 0.246 e. The topological polar surface area (TPSA) is 87.5 Å². The molecule has 2 aliphatic heterocycles. The zero-order valence-corrected chi connectivity index (χ0v) is 17.5. The van der Waals surface area contributed by atoms with E-state index in [0.29, 0.717) is 32.0 Å². The highest BCUT2D eigenvalue weighted by Crippen LogP contribution is 2.15. The van der Waals surface area contributed by atoms with Crippen LogP contribution in [0, 0.1) is 0 Å². The molecule has 4 rings (SSSR count). The lowest BCUT2D eigenvalue weighted by Crippen LogP contribution is -2.56. The number of hydrogen-bond acceptors (Lipinski definition) is 6. The summed E-state index contributed by atoms with van der Waals surface area (Å²) in [5.74, 6) is 0.703. The summed E-state index contributed by atoms with van der Waals surface area (Å²) in [4.78, 5) is 32.8. The van der Waals surface area contributed by atoms with E-state index in [1.807, 2.05) is 47.1 Å². The number of piperazine rings is 1. The Bertz CT molecular complexity index is 855. The number of carbonyl (C=O) groups excluding carboxylic acids is 2. The summed E-state index contributed by atoms with van der Waals surface area (Å²) in [6.07, 6.45) is 3.42. The molecule has 0 bridgehead atoms. The minimum atomic E-state index is -0.134. The molecule has 0 radical (unpaired) electrons. The predicted molar refractivity (Wildman–Crippen MR) is 111 cm³/mol. The number of benzene rings is 1. The van der Waals surface area contributed by atoms with Crippen LogP contribution in [0.2, 0.25) is 0 Å². The van der Waals surface area contributed by atoms with Crippen LogP contribution in [0.25, 0.3) is 11.4 Å². The fraction of sp³-hybridized carbons (Fsp3) is 0.571. The van der Waals surface area contributed by atoms with Gasteiger partial charge >= 0.3 is 0 Å². The first kappa shape index (κ1) is 20.5. The van der Waals surface area contributed by atoms with Gasteiger partial charge in [-0.05, 0) is 31.4 Å². The predicted octanol–water partition coefficient (Wildman–Crippen LogP) is 0.885. The number of nitrogens with zero attached hydrogens (tertiary/aromatic N) is 7. The SMILES string of the molecule is CC(C(=O)N1CCCCC1)N1CCN(C(=O)Cn2nnc(-c3ccccc3)n2)CC1. The molecule has 30 heavy (non-hydrogen) atoms. The maximum absolute atomic E-state index is 12.8. The van der Waals surface area contributed by atoms with Crippen molar-refractivity contribution in [3.05, 3.63) is 30.3 Å². The molecule has 2 aromatic rings. The van der Waals surface area contributed by atoms with Gasteiger partial charge in [-0.15, -0.1) is 10.2 Å². The van der Waals surface area contributed by atoms with Crippen LogP contribution in [0.3, 0.4) is 0 Å². The molecule has 1 unspecified atom stereocenters. The lowest BCUT2D eigenvalue weighted by molar-refractivity contribution is -0.139. The Labute approximate surface area is 176 Å². The highest BCUT2D eigenvalue weighted by Gasteiger charge is 2.30. The van der Waals surface area contributed by atoms with Gasteiger partial charge in [0.15, 0.2) is 0 Å². The second kappa shape index (κ2) is 9.34. The lowest BCUT2D eigenvalue weighted by atomic mass is 10.1. The third-order valence-corrected chi connectivity index (χ3v) is 6.00. The summed E-state index contributed by atoms with van der Waals surface area (Å²) in [6.45, 7) is 6.42. The van der Waals surface area contributed by atoms with Gasteiger partial charge in [0.25, 0.3) is 0 Å². The van der Waals surface area contributed by atoms with Crippen molar-refractivity contribution < 1.29 is 9.59 Å². The Morgan fingerprint density at radius 2 is 1.63 bits per heavy atom. The van der Waals surface area contributed by atoms with Gasteiger partial charge in [-0.2, -0.15) is 4.80 Å². The molecule has 1 aromatic carbocycles. The molecule has 0 aliphatic carbocycles. The van der Waals surface area contributed by atoms with Gasteiger partial charge in [0.05, 0.1) is 6.04 Å². The van der Waals surface area contributed by atoms with Crippen LogP contribution in [-0.4, -0.2) is 92.0 Å². The summed E-state index contributed by atoms with van der Waals surface area (Å²) in [5.41, 5.74) is 0.872. The van der Waals surface area contributed by atoms with Crippen molar-refractivity contribution in [1.29, 1.82) is 0 Å². The van der Waals surface area contributed by atoms with Crippen LogP contribution < -0.4 is 0 Å². The first-order chi connectivity index (χ1) is 14.6. The molecular formula is C21H29N7O2. The van der Waals surface area contributed by atoms with Crippen molar-refractivity contribution in [2.24, 2.45) is 0 Å². The van der Waals surface area contributed by atoms with Gasteiger partial charge < -0.3 is 9.80 Å². The number of tetrazole rings is 1. The highest BCUT2D eigenvalue weighted by atomic mass is 16.2. The molecule has 0 spiro atoms. The van der Waals surface area contributed by atoms with E-state index >= 15 is 0 Å². The monoisotopic (exact) mass is 411 g/mol. The summed E-state index contributed by atoms with van der Waals surface area (Å²) in [7, 11) is 0. The number of hydrogen-bond donors (Lipinski definition) is 0. The van der Waals surface area contributed by atoms with Gasteiger partial charge in [-0.25, -0.2) is 0 Å². The first-order valence-corrected chi connectivity index (χ1v) is 10.8. The minimum Gasteiger partial charge on any atom is -0.341 e. The van der Waals surface area contributed by atoms with E-state index in [-0.39, 0.29) is 24.4 Å². The minimum absolute atomic E-state index is 0.0262. The molecule has 160 valence electrons. The normalized spacial score (nSPS) is 19.0. The van der Waals surface area contributed by atoms with E-state index < -0.39 is 0 Å². The van der Waals surface area contributed by atoms with Crippen molar-refractivity contribution >= 4 is 11.8 Å². The fourth-order valence-corrected chi connectivity index (χ4v) is 4.13. The average Bonchev–Trinajstić information content (AvgIpc) is 3.28. The Balaban J connectivity index is 1.27. The largest absolute Gasteiger partial charge is 0.341 e. The quantitative estimate of drug-likeness (QED) is 0.726. The molecule has 2 fully saturated rings. The molecule has 1 aromatic heterocycles. The molecule has 1 atom stereocenters. The first-order valence-electron chi connectivity index (χ1n) is 10.8. The van der Waals surface area contributed by atoms with Crippen molar-refractivity contribution in [1.82, 2.24) is 34.9 Å². The van der Waals surface area contributed by atoms with E-state index in [9.17, 15) is 9.59 Å². The number of amides is 2. The molecule has 0 saturated carbocycles. The fourth-order valence-electron chi connectivity index (χ4n) is 4.13. The van der Waals surface area contributed by atoms with E-state index in [1.54, 1.807) is 0 Å². The van der Waals surface area contributed by atoms with Gasteiger partial charge in [0.1, 0.15) is 6.54 Å². The molecule has 9 heteroatoms. The number of carbonyl (C=O) groups is 2. The Morgan fingerprint density at radius 1 is 0.933 bits per heavy atom. The summed E-state index contributed by atoms with van der Waals surface area (Å²) < 4.78 is 0. The number of aromatic nitrogens is 4. The second-order valence-corrected chi connectivity index (χ2v) is 7.99. The molecule has 2 amide bonds. The zero-order valence-electron chi connectivity index (χ0n) is 17.5. The molecule has 9 nitrogen and oxygen atoms in total. The maximum Gasteiger partial charge on any atom is 0.246 e. The molecule has 0 N–H and O–H groups in total. The second-order valence-electron chi connectivity index (χ2n) is 7.99. The summed E-state index contributed by atoms with van der Waals surface area (Å²) in [5, 5.41) is 12.4. The van der Waals surface area contributed by atoms with E-state index in [1.165, 1.54) is 11.2 Å². The van der Waals surface area contributed by atoms with E-state index in [2.05, 4.69) is 20.3 Å². The highest BCUT2D eigenvalue weighted by molar-refractivity contribution is 5.81. The van der Waals surface area contributed by atoms with Gasteiger partial charge in [0, 0.05) is 44.8 Å². The van der Waals surface area contributed by atoms with Crippen LogP contribution in [-0.2, 0) is 16.1 Å². The molecule has 2 saturated heterocycles. The van der Waals surface area contributed by atoms with Crippen LogP contribution >= 0.6 is 0 Å². The maximum atomic E-state index is 12.8. The van der Waals surface area contributed by atoms with Gasteiger partial charge in [-0.1, -0.05) is 30.3 Å². The van der Waals surface area contributed by atoms with E-state index in [0.717, 1.165) is 31.5 Å². The Hall–Kier alpha value is -2.81.